The van der Waals surface area contributed by atoms with Crippen LogP contribution in [0.5, 0.6) is 0 Å². The predicted molar refractivity (Wildman–Crippen MR) is 89.8 cm³/mol. The molecule has 1 N–H and O–H groups in total. The van der Waals surface area contributed by atoms with Crippen molar-refractivity contribution in [1.29, 1.82) is 0 Å². The van der Waals surface area contributed by atoms with Gasteiger partial charge in [-0.25, -0.2) is 4.99 Å². The molecule has 0 radical (unpaired) electrons. The minimum Gasteiger partial charge on any atom is -0.480 e. The number of carbonyl (C=O) groups is 1. The summed E-state index contributed by atoms with van der Waals surface area (Å²) in [6.45, 7) is 4.23. The first-order valence-electron chi connectivity index (χ1n) is 7.61. The third kappa shape index (κ3) is 3.95. The van der Waals surface area contributed by atoms with E-state index in [2.05, 4.69) is 27.0 Å². The van der Waals surface area contributed by atoms with Gasteiger partial charge in [0.1, 0.15) is 6.54 Å². The van der Waals surface area contributed by atoms with Crippen molar-refractivity contribution in [2.45, 2.75) is 26.3 Å². The van der Waals surface area contributed by atoms with E-state index in [1.165, 1.54) is 24.2 Å². The van der Waals surface area contributed by atoms with Crippen LogP contribution in [0.2, 0.25) is 0 Å². The quantitative estimate of drug-likeness (QED) is 0.850. The van der Waals surface area contributed by atoms with Gasteiger partial charge in [-0.2, -0.15) is 0 Å². The molecule has 0 unspecified atom stereocenters. The lowest BCUT2D eigenvalue weighted by molar-refractivity contribution is -0.137. The Morgan fingerprint density at radius 2 is 2.26 bits per heavy atom. The zero-order valence-corrected chi connectivity index (χ0v) is 13.7. The molecule has 2 aromatic rings. The van der Waals surface area contributed by atoms with E-state index in [0.29, 0.717) is 5.13 Å². The maximum atomic E-state index is 10.8. The number of aromatic nitrogens is 3. The summed E-state index contributed by atoms with van der Waals surface area (Å²) in [5.41, 5.74) is 0.732. The number of anilines is 1. The highest BCUT2D eigenvalue weighted by atomic mass is 32.1. The second kappa shape index (κ2) is 6.91. The van der Waals surface area contributed by atoms with Gasteiger partial charge in [-0.15, -0.1) is 10.2 Å². The molecule has 1 saturated heterocycles. The SMILES string of the molecule is CC1CCN(c2nnc(N=Cc3cccn3CC(=O)O)s2)CC1. The van der Waals surface area contributed by atoms with Crippen LogP contribution in [0.25, 0.3) is 0 Å². The smallest absolute Gasteiger partial charge is 0.323 e. The average Bonchev–Trinajstić information content (AvgIpc) is 3.15. The number of carboxylic acids is 1. The second-order valence-corrected chi connectivity index (χ2v) is 6.68. The molecule has 0 aromatic carbocycles. The molecule has 1 aliphatic heterocycles. The number of piperidine rings is 1. The van der Waals surface area contributed by atoms with Crippen molar-refractivity contribution in [2.24, 2.45) is 10.9 Å². The second-order valence-electron chi connectivity index (χ2n) is 5.75. The molecule has 0 spiro atoms. The zero-order chi connectivity index (χ0) is 16.2. The van der Waals surface area contributed by atoms with Gasteiger partial charge in [0.05, 0.1) is 11.9 Å². The van der Waals surface area contributed by atoms with Crippen LogP contribution in [-0.4, -0.2) is 45.1 Å². The summed E-state index contributed by atoms with van der Waals surface area (Å²) in [7, 11) is 0. The Morgan fingerprint density at radius 3 is 3.00 bits per heavy atom. The van der Waals surface area contributed by atoms with Gasteiger partial charge >= 0.3 is 5.97 Å². The highest BCUT2D eigenvalue weighted by Crippen LogP contribution is 2.29. The first kappa shape index (κ1) is 15.7. The van der Waals surface area contributed by atoms with Gasteiger partial charge in [-0.3, -0.25) is 4.79 Å². The molecule has 3 heterocycles. The summed E-state index contributed by atoms with van der Waals surface area (Å²) in [5, 5.41) is 18.7. The first-order chi connectivity index (χ1) is 11.1. The number of aliphatic carboxylic acids is 1. The molecule has 8 heteroatoms. The standard InChI is InChI=1S/C15H19N5O2S/c1-11-4-7-19(8-5-11)15-18-17-14(23-15)16-9-12-3-2-6-20(12)10-13(21)22/h2-3,6,9,11H,4-5,7-8,10H2,1H3,(H,21,22). The Labute approximate surface area is 138 Å². The molecule has 7 nitrogen and oxygen atoms in total. The Balaban J connectivity index is 1.67. The van der Waals surface area contributed by atoms with Gasteiger partial charge in [0.25, 0.3) is 0 Å². The fraction of sp³-hybridized carbons (Fsp3) is 0.467. The molecule has 2 aromatic heterocycles. The normalized spacial score (nSPS) is 16.3. The molecule has 0 aliphatic carbocycles. The van der Waals surface area contributed by atoms with Crippen molar-refractivity contribution in [1.82, 2.24) is 14.8 Å². The van der Waals surface area contributed by atoms with Crippen molar-refractivity contribution < 1.29 is 9.90 Å². The van der Waals surface area contributed by atoms with Crippen LogP contribution in [0.3, 0.4) is 0 Å². The Kier molecular flexibility index (Phi) is 4.71. The van der Waals surface area contributed by atoms with E-state index in [0.717, 1.165) is 29.8 Å². The van der Waals surface area contributed by atoms with Gasteiger partial charge < -0.3 is 14.6 Å². The molecule has 122 valence electrons. The van der Waals surface area contributed by atoms with Gasteiger partial charge in [-0.05, 0) is 30.9 Å². The van der Waals surface area contributed by atoms with Crippen LogP contribution in [0, 0.1) is 5.92 Å². The van der Waals surface area contributed by atoms with Crippen LogP contribution in [0.1, 0.15) is 25.5 Å². The highest BCUT2D eigenvalue weighted by Gasteiger charge is 2.19. The van der Waals surface area contributed by atoms with Crippen molar-refractivity contribution in [3.8, 4) is 0 Å². The van der Waals surface area contributed by atoms with Crippen LogP contribution < -0.4 is 4.90 Å². The number of hydrogen-bond donors (Lipinski definition) is 1. The fourth-order valence-corrected chi connectivity index (χ4v) is 3.29. The number of carboxylic acid groups (broad SMARTS) is 1. The third-order valence-electron chi connectivity index (χ3n) is 3.94. The van der Waals surface area contributed by atoms with E-state index in [1.54, 1.807) is 23.0 Å². The summed E-state index contributed by atoms with van der Waals surface area (Å²) in [4.78, 5) is 17.4. The van der Waals surface area contributed by atoms with E-state index < -0.39 is 5.97 Å². The van der Waals surface area contributed by atoms with Gasteiger partial charge in [-0.1, -0.05) is 18.3 Å². The minimum atomic E-state index is -0.881. The van der Waals surface area contributed by atoms with Gasteiger partial charge in [0.15, 0.2) is 0 Å². The number of aliphatic imine (C=N–C) groups is 1. The molecule has 0 atom stereocenters. The van der Waals surface area contributed by atoms with E-state index in [9.17, 15) is 4.79 Å². The summed E-state index contributed by atoms with van der Waals surface area (Å²) >= 11 is 1.46. The minimum absolute atomic E-state index is 0.0817. The third-order valence-corrected chi connectivity index (χ3v) is 4.83. The van der Waals surface area contributed by atoms with Crippen molar-refractivity contribution in [2.75, 3.05) is 18.0 Å². The van der Waals surface area contributed by atoms with E-state index in [-0.39, 0.29) is 6.54 Å². The molecule has 0 bridgehead atoms. The lowest BCUT2D eigenvalue weighted by Gasteiger charge is -2.29. The monoisotopic (exact) mass is 333 g/mol. The largest absolute Gasteiger partial charge is 0.480 e. The molecule has 1 aliphatic rings. The highest BCUT2D eigenvalue weighted by molar-refractivity contribution is 7.18. The Bertz CT molecular complexity index is 700. The van der Waals surface area contributed by atoms with Crippen LogP contribution in [0.4, 0.5) is 10.3 Å². The molecule has 23 heavy (non-hydrogen) atoms. The Hall–Kier alpha value is -2.22. The summed E-state index contributed by atoms with van der Waals surface area (Å²) in [5.74, 6) is -0.105. The van der Waals surface area contributed by atoms with Crippen molar-refractivity contribution in [3.63, 3.8) is 0 Å². The summed E-state index contributed by atoms with van der Waals surface area (Å²) in [6.07, 6.45) is 5.71. The zero-order valence-electron chi connectivity index (χ0n) is 12.9. The topological polar surface area (TPSA) is 83.6 Å². The molecular formula is C15H19N5O2S. The molecule has 0 amide bonds. The maximum absolute atomic E-state index is 10.8. The maximum Gasteiger partial charge on any atom is 0.323 e. The van der Waals surface area contributed by atoms with Gasteiger partial charge in [0, 0.05) is 19.3 Å². The first-order valence-corrected chi connectivity index (χ1v) is 8.43. The van der Waals surface area contributed by atoms with E-state index in [4.69, 9.17) is 5.11 Å². The van der Waals surface area contributed by atoms with E-state index in [1.807, 2.05) is 6.07 Å². The lowest BCUT2D eigenvalue weighted by Crippen LogP contribution is -2.32. The number of rotatable bonds is 5. The van der Waals surface area contributed by atoms with Gasteiger partial charge in [0.2, 0.25) is 10.3 Å². The Morgan fingerprint density at radius 1 is 1.48 bits per heavy atom. The molecule has 0 saturated carbocycles. The molecule has 1 fully saturated rings. The molecule has 3 rings (SSSR count). The summed E-state index contributed by atoms with van der Waals surface area (Å²) in [6, 6.07) is 3.62. The summed E-state index contributed by atoms with van der Waals surface area (Å²) < 4.78 is 1.62. The predicted octanol–water partition coefficient (Wildman–Crippen LogP) is 2.41. The molecular weight excluding hydrogens is 314 g/mol. The van der Waals surface area contributed by atoms with Crippen LogP contribution >= 0.6 is 11.3 Å². The fourth-order valence-electron chi connectivity index (χ4n) is 2.54. The van der Waals surface area contributed by atoms with Crippen molar-refractivity contribution in [3.05, 3.63) is 24.0 Å². The lowest BCUT2D eigenvalue weighted by atomic mass is 10.00. The number of nitrogens with zero attached hydrogens (tertiary/aromatic N) is 5. The van der Waals surface area contributed by atoms with Crippen LogP contribution in [-0.2, 0) is 11.3 Å². The van der Waals surface area contributed by atoms with Crippen LogP contribution in [0.15, 0.2) is 23.3 Å². The average molecular weight is 333 g/mol. The van der Waals surface area contributed by atoms with E-state index >= 15 is 0 Å². The number of hydrogen-bond acceptors (Lipinski definition) is 6. The van der Waals surface area contributed by atoms with Crippen molar-refractivity contribution >= 4 is 33.8 Å².